The summed E-state index contributed by atoms with van der Waals surface area (Å²) in [7, 11) is 0. The molecule has 25 heavy (non-hydrogen) atoms. The largest absolute Gasteiger partial charge is 0.477 e. The summed E-state index contributed by atoms with van der Waals surface area (Å²) in [5.41, 5.74) is -0.543. The van der Waals surface area contributed by atoms with Crippen molar-refractivity contribution in [2.24, 2.45) is 0 Å². The maximum absolute atomic E-state index is 14.5. The molecule has 2 aliphatic rings. The second-order valence-corrected chi connectivity index (χ2v) is 6.25. The number of morpholine rings is 1. The zero-order chi connectivity index (χ0) is 17.6. The lowest BCUT2D eigenvalue weighted by molar-refractivity contribution is -0.120. The van der Waals surface area contributed by atoms with E-state index in [0.717, 1.165) is 18.9 Å². The predicted molar refractivity (Wildman–Crippen MR) is 86.4 cm³/mol. The number of carboxylic acids is 1. The first-order chi connectivity index (χ1) is 12.0. The van der Waals surface area contributed by atoms with Gasteiger partial charge in [-0.3, -0.25) is 4.79 Å². The highest BCUT2D eigenvalue weighted by Gasteiger charge is 2.28. The van der Waals surface area contributed by atoms with Gasteiger partial charge in [-0.15, -0.1) is 5.06 Å². The Kier molecular flexibility index (Phi) is 3.93. The first kappa shape index (κ1) is 16.0. The Morgan fingerprint density at radius 2 is 2.00 bits per heavy atom. The third kappa shape index (κ3) is 2.98. The Bertz CT molecular complexity index is 900. The van der Waals surface area contributed by atoms with Crippen LogP contribution in [0.15, 0.2) is 23.1 Å². The van der Waals surface area contributed by atoms with E-state index in [0.29, 0.717) is 31.8 Å². The van der Waals surface area contributed by atoms with Gasteiger partial charge in [-0.25, -0.2) is 9.18 Å². The first-order valence-electron chi connectivity index (χ1n) is 8.17. The number of hydroxylamine groups is 2. The molecular formula is C17H17FN2O5. The molecule has 2 fully saturated rings. The number of benzene rings is 1. The first-order valence-corrected chi connectivity index (χ1v) is 8.17. The Morgan fingerprint density at radius 3 is 2.64 bits per heavy atom. The number of ether oxygens (including phenoxy) is 1. The van der Waals surface area contributed by atoms with Gasteiger partial charge in [0.1, 0.15) is 5.56 Å². The normalized spacial score (nSPS) is 18.4. The van der Waals surface area contributed by atoms with Gasteiger partial charge in [0.05, 0.1) is 31.8 Å². The third-order valence-electron chi connectivity index (χ3n) is 4.45. The minimum Gasteiger partial charge on any atom is -0.477 e. The molecule has 2 aromatic rings. The van der Waals surface area contributed by atoms with Crippen LogP contribution in [0.3, 0.4) is 0 Å². The minimum atomic E-state index is -1.31. The number of carbonyl (C=O) groups is 1. The maximum atomic E-state index is 14.5. The Labute approximate surface area is 142 Å². The fourth-order valence-electron chi connectivity index (χ4n) is 3.00. The van der Waals surface area contributed by atoms with Crippen molar-refractivity contribution in [3.63, 3.8) is 0 Å². The monoisotopic (exact) mass is 348 g/mol. The van der Waals surface area contributed by atoms with Crippen LogP contribution in [0.25, 0.3) is 10.9 Å². The maximum Gasteiger partial charge on any atom is 0.341 e. The van der Waals surface area contributed by atoms with E-state index in [2.05, 4.69) is 0 Å². The Morgan fingerprint density at radius 1 is 1.28 bits per heavy atom. The van der Waals surface area contributed by atoms with Gasteiger partial charge in [0, 0.05) is 23.7 Å². The fourth-order valence-corrected chi connectivity index (χ4v) is 3.00. The number of carboxylic acid groups (broad SMARTS) is 1. The standard InChI is InChI=1S/C17H17FN2O5/c18-13-7-11-14(8-15(13)25-19-3-5-24-6-4-19)20(10-1-2-10)9-12(16(11)21)17(22)23/h7-10H,1-6H2,(H,22,23). The van der Waals surface area contributed by atoms with E-state index in [1.165, 1.54) is 12.3 Å². The van der Waals surface area contributed by atoms with E-state index in [1.54, 1.807) is 9.63 Å². The zero-order valence-electron chi connectivity index (χ0n) is 13.4. The number of pyridine rings is 1. The molecule has 8 heteroatoms. The summed E-state index contributed by atoms with van der Waals surface area (Å²) in [5.74, 6) is -1.98. The molecule has 0 unspecified atom stereocenters. The van der Waals surface area contributed by atoms with Crippen LogP contribution in [0, 0.1) is 5.82 Å². The SMILES string of the molecule is O=C(O)c1cn(C2CC2)c2cc(ON3CCOCC3)c(F)cc2c1=O. The van der Waals surface area contributed by atoms with Gasteiger partial charge in [0.25, 0.3) is 0 Å². The quantitative estimate of drug-likeness (QED) is 0.907. The van der Waals surface area contributed by atoms with Crippen LogP contribution in [-0.4, -0.2) is 47.0 Å². The van der Waals surface area contributed by atoms with Gasteiger partial charge in [-0.2, -0.15) is 0 Å². The average molecular weight is 348 g/mol. The van der Waals surface area contributed by atoms with Crippen molar-refractivity contribution in [1.29, 1.82) is 0 Å². The number of halogens is 1. The van der Waals surface area contributed by atoms with Crippen molar-refractivity contribution in [3.05, 3.63) is 39.9 Å². The van der Waals surface area contributed by atoms with E-state index < -0.39 is 17.2 Å². The van der Waals surface area contributed by atoms with Gasteiger partial charge in [0.2, 0.25) is 5.43 Å². The van der Waals surface area contributed by atoms with Gasteiger partial charge >= 0.3 is 5.97 Å². The molecular weight excluding hydrogens is 331 g/mol. The van der Waals surface area contributed by atoms with Gasteiger partial charge in [0.15, 0.2) is 11.6 Å². The van der Waals surface area contributed by atoms with Crippen molar-refractivity contribution in [3.8, 4) is 5.75 Å². The van der Waals surface area contributed by atoms with E-state index >= 15 is 0 Å². The summed E-state index contributed by atoms with van der Waals surface area (Å²) in [4.78, 5) is 29.3. The lowest BCUT2D eigenvalue weighted by atomic mass is 10.1. The number of fused-ring (bicyclic) bond motifs is 1. The fraction of sp³-hybridized carbons (Fsp3) is 0.412. The molecule has 7 nitrogen and oxygen atoms in total. The third-order valence-corrected chi connectivity index (χ3v) is 4.45. The number of aromatic nitrogens is 1. The number of aromatic carboxylic acids is 1. The number of nitrogens with zero attached hydrogens (tertiary/aromatic N) is 2. The highest BCUT2D eigenvalue weighted by molar-refractivity contribution is 5.93. The van der Waals surface area contributed by atoms with Crippen molar-refractivity contribution in [2.75, 3.05) is 26.3 Å². The Hall–Kier alpha value is -2.45. The lowest BCUT2D eigenvalue weighted by Crippen LogP contribution is -2.38. The molecule has 1 saturated heterocycles. The predicted octanol–water partition coefficient (Wildman–Crippen LogP) is 1.80. The molecule has 1 aliphatic heterocycles. The van der Waals surface area contributed by atoms with Crippen LogP contribution < -0.4 is 10.3 Å². The Balaban J connectivity index is 1.83. The average Bonchev–Trinajstić information content (AvgIpc) is 3.42. The van der Waals surface area contributed by atoms with Gasteiger partial charge < -0.3 is 19.2 Å². The van der Waals surface area contributed by atoms with E-state index in [-0.39, 0.29) is 22.7 Å². The zero-order valence-corrected chi connectivity index (χ0v) is 13.4. The van der Waals surface area contributed by atoms with Gasteiger partial charge in [-0.05, 0) is 18.9 Å². The molecule has 4 rings (SSSR count). The minimum absolute atomic E-state index is 0.0197. The lowest BCUT2D eigenvalue weighted by Gasteiger charge is -2.26. The van der Waals surface area contributed by atoms with Crippen LogP contribution in [0.5, 0.6) is 5.75 Å². The van der Waals surface area contributed by atoms with Crippen LogP contribution in [0.2, 0.25) is 0 Å². The molecule has 1 aromatic heterocycles. The molecule has 132 valence electrons. The van der Waals surface area contributed by atoms with Crippen LogP contribution in [0.4, 0.5) is 4.39 Å². The van der Waals surface area contributed by atoms with Crippen molar-refractivity contribution in [2.45, 2.75) is 18.9 Å². The topological polar surface area (TPSA) is 81.0 Å². The van der Waals surface area contributed by atoms with Crippen molar-refractivity contribution in [1.82, 2.24) is 9.63 Å². The summed E-state index contributed by atoms with van der Waals surface area (Å²) in [6, 6.07) is 2.67. The molecule has 0 spiro atoms. The molecule has 1 aliphatic carbocycles. The summed E-state index contributed by atoms with van der Waals surface area (Å²) in [6.45, 7) is 2.05. The van der Waals surface area contributed by atoms with E-state index in [9.17, 15) is 19.1 Å². The van der Waals surface area contributed by atoms with E-state index in [1.807, 2.05) is 0 Å². The molecule has 0 bridgehead atoms. The molecule has 2 heterocycles. The molecule has 0 atom stereocenters. The summed E-state index contributed by atoms with van der Waals surface area (Å²) in [6.07, 6.45) is 3.14. The number of hydrogen-bond acceptors (Lipinski definition) is 5. The summed E-state index contributed by atoms with van der Waals surface area (Å²) in [5, 5.41) is 10.9. The van der Waals surface area contributed by atoms with Crippen molar-refractivity contribution < 1.29 is 23.9 Å². The van der Waals surface area contributed by atoms with Crippen LogP contribution in [0.1, 0.15) is 29.2 Å². The van der Waals surface area contributed by atoms with Gasteiger partial charge in [-0.1, -0.05) is 0 Å². The molecule has 0 radical (unpaired) electrons. The number of hydrogen-bond donors (Lipinski definition) is 1. The molecule has 1 saturated carbocycles. The summed E-state index contributed by atoms with van der Waals surface area (Å²) < 4.78 is 21.4. The highest BCUT2D eigenvalue weighted by atomic mass is 19.1. The van der Waals surface area contributed by atoms with Crippen molar-refractivity contribution >= 4 is 16.9 Å². The summed E-state index contributed by atoms with van der Waals surface area (Å²) >= 11 is 0. The second kappa shape index (κ2) is 6.12. The smallest absolute Gasteiger partial charge is 0.341 e. The van der Waals surface area contributed by atoms with E-state index in [4.69, 9.17) is 9.57 Å². The highest BCUT2D eigenvalue weighted by Crippen LogP contribution is 2.38. The molecule has 0 amide bonds. The number of rotatable bonds is 4. The van der Waals surface area contributed by atoms with Crippen LogP contribution in [-0.2, 0) is 4.74 Å². The second-order valence-electron chi connectivity index (χ2n) is 6.25. The molecule has 1 aromatic carbocycles. The van der Waals surface area contributed by atoms with Crippen LogP contribution >= 0.6 is 0 Å². The molecule has 1 N–H and O–H groups in total.